The van der Waals surface area contributed by atoms with Crippen molar-refractivity contribution in [3.8, 4) is 0 Å². The Balaban J connectivity index is 2.70. The van der Waals surface area contributed by atoms with Gasteiger partial charge in [0.2, 0.25) is 0 Å². The van der Waals surface area contributed by atoms with Crippen molar-refractivity contribution in [2.45, 2.75) is 25.0 Å². The Bertz CT molecular complexity index is 720. The molecule has 1 rings (SSSR count). The number of carbonyl (C=O) groups excluding carboxylic acids is 4. The molecule has 0 aromatic heterocycles. The monoisotopic (exact) mass is 390 g/mol. The lowest BCUT2D eigenvalue weighted by Crippen LogP contribution is -2.39. The standard InChI is InChI=1S/C20H22O8/c1-5-15(21)19(3,25)11-27-17(23)13-7-9-14(10-8-13)18(24)28-12-20(4,26)16(22)6-2/h5-10,25-26H,1-2,11-12H2,3-4H3. The molecule has 0 bridgehead atoms. The summed E-state index contributed by atoms with van der Waals surface area (Å²) in [6.45, 7) is 7.75. The number of rotatable bonds is 10. The van der Waals surface area contributed by atoms with Gasteiger partial charge in [0.15, 0.2) is 22.8 Å². The first-order chi connectivity index (χ1) is 12.9. The summed E-state index contributed by atoms with van der Waals surface area (Å²) in [6.07, 6.45) is 1.85. The van der Waals surface area contributed by atoms with Gasteiger partial charge in [-0.15, -0.1) is 0 Å². The van der Waals surface area contributed by atoms with E-state index in [1.54, 1.807) is 0 Å². The Labute approximate surface area is 162 Å². The fourth-order valence-electron chi connectivity index (χ4n) is 1.90. The number of ketones is 2. The Morgan fingerprint density at radius 2 is 1.11 bits per heavy atom. The highest BCUT2D eigenvalue weighted by Crippen LogP contribution is 2.13. The average Bonchev–Trinajstić information content (AvgIpc) is 2.68. The fraction of sp³-hybridized carbons (Fsp3) is 0.300. The highest BCUT2D eigenvalue weighted by Gasteiger charge is 2.31. The van der Waals surface area contributed by atoms with Crippen molar-refractivity contribution < 1.29 is 38.9 Å². The van der Waals surface area contributed by atoms with Crippen LogP contribution in [0, 0.1) is 0 Å². The van der Waals surface area contributed by atoms with Crippen molar-refractivity contribution in [2.75, 3.05) is 13.2 Å². The molecule has 8 nitrogen and oxygen atoms in total. The molecule has 0 saturated carbocycles. The summed E-state index contributed by atoms with van der Waals surface area (Å²) < 4.78 is 9.79. The second-order valence-electron chi connectivity index (χ2n) is 6.41. The SMILES string of the molecule is C=CC(=O)C(C)(O)COC(=O)c1ccc(C(=O)OCC(C)(O)C(=O)C=C)cc1. The molecule has 0 aliphatic rings. The van der Waals surface area contributed by atoms with E-state index in [-0.39, 0.29) is 11.1 Å². The zero-order valence-electron chi connectivity index (χ0n) is 15.6. The Morgan fingerprint density at radius 1 is 0.821 bits per heavy atom. The molecule has 8 heteroatoms. The van der Waals surface area contributed by atoms with Crippen molar-refractivity contribution in [3.63, 3.8) is 0 Å². The number of hydrogen-bond acceptors (Lipinski definition) is 8. The molecule has 0 amide bonds. The molecule has 2 atom stereocenters. The Morgan fingerprint density at radius 3 is 1.36 bits per heavy atom. The second-order valence-corrected chi connectivity index (χ2v) is 6.41. The van der Waals surface area contributed by atoms with Crippen LogP contribution in [0.1, 0.15) is 34.6 Å². The zero-order valence-corrected chi connectivity index (χ0v) is 15.6. The first-order valence-corrected chi connectivity index (χ1v) is 8.17. The van der Waals surface area contributed by atoms with E-state index < -0.39 is 47.9 Å². The van der Waals surface area contributed by atoms with Gasteiger partial charge in [0, 0.05) is 0 Å². The van der Waals surface area contributed by atoms with Gasteiger partial charge >= 0.3 is 11.9 Å². The van der Waals surface area contributed by atoms with Crippen LogP contribution in [0.5, 0.6) is 0 Å². The van der Waals surface area contributed by atoms with Gasteiger partial charge in [-0.3, -0.25) is 9.59 Å². The van der Waals surface area contributed by atoms with Crippen LogP contribution >= 0.6 is 0 Å². The van der Waals surface area contributed by atoms with Gasteiger partial charge < -0.3 is 19.7 Å². The van der Waals surface area contributed by atoms with E-state index in [1.807, 2.05) is 0 Å². The maximum atomic E-state index is 12.0. The summed E-state index contributed by atoms with van der Waals surface area (Å²) in [4.78, 5) is 46.8. The highest BCUT2D eigenvalue weighted by atomic mass is 16.5. The van der Waals surface area contributed by atoms with Gasteiger partial charge in [-0.1, -0.05) is 13.2 Å². The van der Waals surface area contributed by atoms with E-state index in [1.165, 1.54) is 38.1 Å². The summed E-state index contributed by atoms with van der Waals surface area (Å²) in [7, 11) is 0. The van der Waals surface area contributed by atoms with Crippen molar-refractivity contribution in [1.82, 2.24) is 0 Å². The van der Waals surface area contributed by atoms with Crippen LogP contribution in [0.15, 0.2) is 49.6 Å². The zero-order chi connectivity index (χ0) is 21.5. The molecule has 2 N–H and O–H groups in total. The fourth-order valence-corrected chi connectivity index (χ4v) is 1.90. The van der Waals surface area contributed by atoms with Crippen LogP contribution in [0.2, 0.25) is 0 Å². The largest absolute Gasteiger partial charge is 0.459 e. The van der Waals surface area contributed by atoms with Crippen LogP contribution < -0.4 is 0 Å². The molecule has 1 aromatic carbocycles. The molecule has 0 fully saturated rings. The van der Waals surface area contributed by atoms with Crippen LogP contribution in [0.3, 0.4) is 0 Å². The third-order valence-corrected chi connectivity index (χ3v) is 3.76. The summed E-state index contributed by atoms with van der Waals surface area (Å²) in [5.41, 5.74) is -3.62. The van der Waals surface area contributed by atoms with Gasteiger partial charge in [0.1, 0.15) is 13.2 Å². The van der Waals surface area contributed by atoms with Crippen LogP contribution in [-0.2, 0) is 19.1 Å². The van der Waals surface area contributed by atoms with Crippen molar-refractivity contribution in [3.05, 3.63) is 60.7 Å². The minimum atomic E-state index is -1.89. The predicted molar refractivity (Wildman–Crippen MR) is 98.7 cm³/mol. The number of carbonyl (C=O) groups is 4. The lowest BCUT2D eigenvalue weighted by molar-refractivity contribution is -0.134. The molecule has 0 aliphatic heterocycles. The molecule has 2 unspecified atom stereocenters. The molecule has 150 valence electrons. The van der Waals surface area contributed by atoms with E-state index >= 15 is 0 Å². The smallest absolute Gasteiger partial charge is 0.338 e. The van der Waals surface area contributed by atoms with E-state index in [0.29, 0.717) is 0 Å². The third kappa shape index (κ3) is 5.97. The van der Waals surface area contributed by atoms with E-state index in [9.17, 15) is 29.4 Å². The number of benzene rings is 1. The summed E-state index contributed by atoms with van der Waals surface area (Å²) in [5, 5.41) is 19.7. The molecule has 0 radical (unpaired) electrons. The molecule has 28 heavy (non-hydrogen) atoms. The molecular formula is C20H22O8. The molecule has 0 heterocycles. The van der Waals surface area contributed by atoms with Crippen molar-refractivity contribution in [2.24, 2.45) is 0 Å². The molecular weight excluding hydrogens is 368 g/mol. The first kappa shape index (κ1) is 22.9. The maximum Gasteiger partial charge on any atom is 0.338 e. The topological polar surface area (TPSA) is 127 Å². The highest BCUT2D eigenvalue weighted by molar-refractivity contribution is 5.98. The van der Waals surface area contributed by atoms with Gasteiger partial charge in [-0.05, 0) is 50.3 Å². The van der Waals surface area contributed by atoms with E-state index in [4.69, 9.17) is 9.47 Å². The predicted octanol–water partition coefficient (Wildman–Crippen LogP) is 1.01. The minimum absolute atomic E-state index is 0.0761. The molecule has 0 aliphatic carbocycles. The van der Waals surface area contributed by atoms with E-state index in [2.05, 4.69) is 13.2 Å². The lowest BCUT2D eigenvalue weighted by Gasteiger charge is -2.20. The molecule has 1 aromatic rings. The molecule has 0 spiro atoms. The van der Waals surface area contributed by atoms with Gasteiger partial charge in [-0.25, -0.2) is 9.59 Å². The third-order valence-electron chi connectivity index (χ3n) is 3.76. The number of hydrogen-bond donors (Lipinski definition) is 2. The van der Waals surface area contributed by atoms with E-state index in [0.717, 1.165) is 12.2 Å². The Kier molecular flexibility index (Phi) is 7.54. The van der Waals surface area contributed by atoms with Crippen molar-refractivity contribution >= 4 is 23.5 Å². The number of esters is 2. The van der Waals surface area contributed by atoms with Crippen molar-refractivity contribution in [1.29, 1.82) is 0 Å². The normalized spacial score (nSPS) is 14.7. The maximum absolute atomic E-state index is 12.0. The summed E-state index contributed by atoms with van der Waals surface area (Å²) in [6, 6.07) is 5.15. The Hall–Kier alpha value is -3.10. The molecule has 0 saturated heterocycles. The van der Waals surface area contributed by atoms with Gasteiger partial charge in [-0.2, -0.15) is 0 Å². The van der Waals surface area contributed by atoms with Gasteiger partial charge in [0.05, 0.1) is 11.1 Å². The summed E-state index contributed by atoms with van der Waals surface area (Å²) in [5.74, 6) is -3.00. The van der Waals surface area contributed by atoms with Crippen LogP contribution in [0.25, 0.3) is 0 Å². The quantitative estimate of drug-likeness (QED) is 0.448. The lowest BCUT2D eigenvalue weighted by atomic mass is 10.0. The van der Waals surface area contributed by atoms with Gasteiger partial charge in [0.25, 0.3) is 0 Å². The van der Waals surface area contributed by atoms with Crippen LogP contribution in [0.4, 0.5) is 0 Å². The first-order valence-electron chi connectivity index (χ1n) is 8.17. The number of aliphatic hydroxyl groups is 2. The second kappa shape index (κ2) is 9.20. The van der Waals surface area contributed by atoms with Crippen LogP contribution in [-0.4, -0.2) is 58.1 Å². The average molecular weight is 390 g/mol. The summed E-state index contributed by atoms with van der Waals surface area (Å²) >= 11 is 0. The number of ether oxygens (including phenoxy) is 2. The minimum Gasteiger partial charge on any atom is -0.459 e.